The number of hydrogen-bond acceptors (Lipinski definition) is 5. The second-order valence-electron chi connectivity index (χ2n) is 8.04. The van der Waals surface area contributed by atoms with Crippen LogP contribution < -0.4 is 16.4 Å². The van der Waals surface area contributed by atoms with Gasteiger partial charge in [-0.15, -0.1) is 0 Å². The highest BCUT2D eigenvalue weighted by Gasteiger charge is 2.16. The molecule has 0 fully saturated rings. The van der Waals surface area contributed by atoms with Crippen molar-refractivity contribution in [2.24, 2.45) is 5.73 Å². The molecule has 0 spiro atoms. The SMILES string of the molecule is CNC(=O)c1cnc2ccc(-c3cnn(CCCCCCN)c3)cc2c1Nc1ccccc1. The van der Waals surface area contributed by atoms with E-state index in [9.17, 15) is 4.79 Å². The van der Waals surface area contributed by atoms with E-state index in [1.54, 1.807) is 13.2 Å². The monoisotopic (exact) mass is 442 g/mol. The van der Waals surface area contributed by atoms with Crippen molar-refractivity contribution in [3.63, 3.8) is 0 Å². The molecule has 4 aromatic rings. The summed E-state index contributed by atoms with van der Waals surface area (Å²) in [6.45, 7) is 1.65. The third-order valence-electron chi connectivity index (χ3n) is 5.69. The summed E-state index contributed by atoms with van der Waals surface area (Å²) in [5, 5.41) is 11.6. The number of nitrogens with zero attached hydrogens (tertiary/aromatic N) is 3. The molecule has 0 radical (unpaired) electrons. The molecule has 2 aromatic carbocycles. The second-order valence-corrected chi connectivity index (χ2v) is 8.04. The molecule has 0 saturated heterocycles. The summed E-state index contributed by atoms with van der Waals surface area (Å²) in [5.41, 5.74) is 10.6. The minimum Gasteiger partial charge on any atom is -0.355 e. The fraction of sp³-hybridized carbons (Fsp3) is 0.269. The Morgan fingerprint density at radius 2 is 1.82 bits per heavy atom. The van der Waals surface area contributed by atoms with Crippen molar-refractivity contribution >= 4 is 28.2 Å². The van der Waals surface area contributed by atoms with Gasteiger partial charge in [0.15, 0.2) is 0 Å². The van der Waals surface area contributed by atoms with Crippen LogP contribution in [0.3, 0.4) is 0 Å². The highest BCUT2D eigenvalue weighted by molar-refractivity contribution is 6.08. The maximum atomic E-state index is 12.6. The van der Waals surface area contributed by atoms with Crippen LogP contribution in [0.25, 0.3) is 22.0 Å². The largest absolute Gasteiger partial charge is 0.355 e. The molecule has 7 nitrogen and oxygen atoms in total. The van der Waals surface area contributed by atoms with Crippen molar-refractivity contribution in [1.82, 2.24) is 20.1 Å². The smallest absolute Gasteiger partial charge is 0.254 e. The number of nitrogens with one attached hydrogen (secondary N) is 2. The number of unbranched alkanes of at least 4 members (excludes halogenated alkanes) is 3. The average Bonchev–Trinajstić information content (AvgIpc) is 3.33. The van der Waals surface area contributed by atoms with Crippen molar-refractivity contribution in [2.45, 2.75) is 32.2 Å². The molecule has 0 bridgehead atoms. The van der Waals surface area contributed by atoms with E-state index >= 15 is 0 Å². The Labute approximate surface area is 194 Å². The van der Waals surface area contributed by atoms with Crippen molar-refractivity contribution in [3.05, 3.63) is 72.7 Å². The van der Waals surface area contributed by atoms with Gasteiger partial charge in [-0.1, -0.05) is 37.1 Å². The Balaban J connectivity index is 1.66. The van der Waals surface area contributed by atoms with Gasteiger partial charge < -0.3 is 16.4 Å². The van der Waals surface area contributed by atoms with Gasteiger partial charge in [-0.2, -0.15) is 5.10 Å². The summed E-state index contributed by atoms with van der Waals surface area (Å²) in [6, 6.07) is 15.9. The lowest BCUT2D eigenvalue weighted by molar-refractivity contribution is 0.0963. The Hall–Kier alpha value is -3.71. The topological polar surface area (TPSA) is 97.9 Å². The molecule has 7 heteroatoms. The van der Waals surface area contributed by atoms with Gasteiger partial charge in [0.2, 0.25) is 0 Å². The van der Waals surface area contributed by atoms with E-state index in [-0.39, 0.29) is 5.91 Å². The van der Waals surface area contributed by atoms with Crippen molar-refractivity contribution in [1.29, 1.82) is 0 Å². The van der Waals surface area contributed by atoms with E-state index in [2.05, 4.69) is 33.0 Å². The molecule has 33 heavy (non-hydrogen) atoms. The van der Waals surface area contributed by atoms with E-state index in [1.807, 2.05) is 53.3 Å². The molecule has 2 aromatic heterocycles. The van der Waals surface area contributed by atoms with Gasteiger partial charge in [0, 0.05) is 42.6 Å². The summed E-state index contributed by atoms with van der Waals surface area (Å²) in [4.78, 5) is 17.1. The summed E-state index contributed by atoms with van der Waals surface area (Å²) in [5.74, 6) is -0.185. The number of para-hydroxylation sites is 1. The average molecular weight is 443 g/mol. The van der Waals surface area contributed by atoms with Gasteiger partial charge in [-0.25, -0.2) is 0 Å². The molecule has 0 saturated carbocycles. The number of amides is 1. The normalized spacial score (nSPS) is 11.0. The Bertz CT molecular complexity index is 1220. The Kier molecular flexibility index (Phi) is 7.32. The molecule has 0 aliphatic rings. The standard InChI is InChI=1S/C26H30N6O/c1-28-26(33)23-17-29-24-12-11-19(15-22(24)25(23)31-21-9-5-4-6-10-21)20-16-30-32(18-20)14-8-3-2-7-13-27/h4-6,9-12,15-18H,2-3,7-8,13-14,27H2,1H3,(H,28,33)(H,29,31). The van der Waals surface area contributed by atoms with Crippen LogP contribution in [0, 0.1) is 0 Å². The lowest BCUT2D eigenvalue weighted by atomic mass is 10.0. The molecule has 0 aliphatic carbocycles. The first-order valence-electron chi connectivity index (χ1n) is 11.4. The fourth-order valence-electron chi connectivity index (χ4n) is 3.89. The number of pyridine rings is 1. The summed E-state index contributed by atoms with van der Waals surface area (Å²) in [6.07, 6.45) is 10.1. The number of aromatic nitrogens is 3. The van der Waals surface area contributed by atoms with Crippen molar-refractivity contribution in [3.8, 4) is 11.1 Å². The minimum absolute atomic E-state index is 0.185. The van der Waals surface area contributed by atoms with E-state index < -0.39 is 0 Å². The molecule has 4 rings (SSSR count). The van der Waals surface area contributed by atoms with E-state index in [0.717, 1.165) is 72.2 Å². The lowest BCUT2D eigenvalue weighted by Gasteiger charge is -2.15. The third-order valence-corrected chi connectivity index (χ3v) is 5.69. The van der Waals surface area contributed by atoms with Crippen LogP contribution in [0.4, 0.5) is 11.4 Å². The molecule has 2 heterocycles. The minimum atomic E-state index is -0.185. The van der Waals surface area contributed by atoms with Crippen LogP contribution in [0.1, 0.15) is 36.0 Å². The number of fused-ring (bicyclic) bond motifs is 1. The van der Waals surface area contributed by atoms with Gasteiger partial charge in [-0.3, -0.25) is 14.5 Å². The van der Waals surface area contributed by atoms with Gasteiger partial charge in [0.1, 0.15) is 0 Å². The highest BCUT2D eigenvalue weighted by atomic mass is 16.1. The van der Waals surface area contributed by atoms with E-state index in [1.165, 1.54) is 0 Å². The van der Waals surface area contributed by atoms with Crippen LogP contribution in [0.15, 0.2) is 67.1 Å². The number of carbonyl (C=O) groups is 1. The predicted molar refractivity (Wildman–Crippen MR) is 134 cm³/mol. The lowest BCUT2D eigenvalue weighted by Crippen LogP contribution is -2.19. The molecular formula is C26H30N6O. The number of carbonyl (C=O) groups excluding carboxylic acids is 1. The van der Waals surface area contributed by atoms with Crippen LogP contribution in [0.2, 0.25) is 0 Å². The summed E-state index contributed by atoms with van der Waals surface area (Å²) >= 11 is 0. The van der Waals surface area contributed by atoms with Crippen molar-refractivity contribution in [2.75, 3.05) is 18.9 Å². The number of nitrogens with two attached hydrogens (primary N) is 1. The molecule has 170 valence electrons. The summed E-state index contributed by atoms with van der Waals surface area (Å²) < 4.78 is 1.99. The Morgan fingerprint density at radius 3 is 2.61 bits per heavy atom. The fourth-order valence-corrected chi connectivity index (χ4v) is 3.89. The molecule has 0 unspecified atom stereocenters. The number of rotatable bonds is 10. The first-order valence-corrected chi connectivity index (χ1v) is 11.4. The maximum Gasteiger partial charge on any atom is 0.254 e. The first-order chi connectivity index (χ1) is 16.2. The molecular weight excluding hydrogens is 412 g/mol. The van der Waals surface area contributed by atoms with E-state index in [0.29, 0.717) is 5.56 Å². The molecule has 4 N–H and O–H groups in total. The number of aryl methyl sites for hydroxylation is 1. The number of hydrogen-bond donors (Lipinski definition) is 3. The van der Waals surface area contributed by atoms with Crippen LogP contribution >= 0.6 is 0 Å². The Morgan fingerprint density at radius 1 is 1.00 bits per heavy atom. The summed E-state index contributed by atoms with van der Waals surface area (Å²) in [7, 11) is 1.62. The number of anilines is 2. The maximum absolute atomic E-state index is 12.6. The van der Waals surface area contributed by atoms with Crippen LogP contribution in [-0.2, 0) is 6.54 Å². The number of benzene rings is 2. The first kappa shape index (κ1) is 22.5. The highest BCUT2D eigenvalue weighted by Crippen LogP contribution is 2.32. The molecule has 0 aliphatic heterocycles. The van der Waals surface area contributed by atoms with Gasteiger partial charge in [-0.05, 0) is 49.2 Å². The van der Waals surface area contributed by atoms with Crippen LogP contribution in [0.5, 0.6) is 0 Å². The van der Waals surface area contributed by atoms with Gasteiger partial charge >= 0.3 is 0 Å². The quantitative estimate of drug-likeness (QED) is 0.309. The van der Waals surface area contributed by atoms with Gasteiger partial charge in [0.25, 0.3) is 5.91 Å². The van der Waals surface area contributed by atoms with Crippen molar-refractivity contribution < 1.29 is 4.79 Å². The molecule has 0 atom stereocenters. The zero-order chi connectivity index (χ0) is 23.0. The van der Waals surface area contributed by atoms with Gasteiger partial charge in [0.05, 0.1) is 23.0 Å². The second kappa shape index (κ2) is 10.7. The van der Waals surface area contributed by atoms with Crippen LogP contribution in [-0.4, -0.2) is 34.3 Å². The third kappa shape index (κ3) is 5.38. The zero-order valence-electron chi connectivity index (χ0n) is 18.9. The predicted octanol–water partition coefficient (Wildman–Crippen LogP) is 4.72. The molecule has 1 amide bonds. The zero-order valence-corrected chi connectivity index (χ0v) is 18.9. The van der Waals surface area contributed by atoms with E-state index in [4.69, 9.17) is 5.73 Å².